The summed E-state index contributed by atoms with van der Waals surface area (Å²) in [4.78, 5) is 36.6. The fourth-order valence-electron chi connectivity index (χ4n) is 2.78. The highest BCUT2D eigenvalue weighted by Gasteiger charge is 2.18. The van der Waals surface area contributed by atoms with Crippen molar-refractivity contribution in [2.24, 2.45) is 0 Å². The maximum absolute atomic E-state index is 12.5. The summed E-state index contributed by atoms with van der Waals surface area (Å²) in [6.45, 7) is 3.47. The number of aromatic nitrogens is 3. The van der Waals surface area contributed by atoms with E-state index in [1.54, 1.807) is 56.3 Å². The second-order valence-corrected chi connectivity index (χ2v) is 7.51. The highest BCUT2D eigenvalue weighted by molar-refractivity contribution is 6.35. The molecule has 9 nitrogen and oxygen atoms in total. The van der Waals surface area contributed by atoms with Crippen LogP contribution in [0.1, 0.15) is 33.5 Å². The lowest BCUT2D eigenvalue weighted by Gasteiger charge is -2.08. The van der Waals surface area contributed by atoms with Gasteiger partial charge in [0, 0.05) is 21.4 Å². The van der Waals surface area contributed by atoms with E-state index in [4.69, 9.17) is 27.9 Å². The average molecular weight is 476 g/mol. The van der Waals surface area contributed by atoms with Gasteiger partial charge < -0.3 is 15.4 Å². The van der Waals surface area contributed by atoms with Crippen LogP contribution in [-0.4, -0.2) is 39.4 Å². The maximum Gasteiger partial charge on any atom is 0.338 e. The Bertz CT molecular complexity index is 1140. The zero-order valence-corrected chi connectivity index (χ0v) is 18.7. The third-order valence-corrected chi connectivity index (χ3v) is 4.73. The number of anilines is 2. The maximum atomic E-state index is 12.5. The molecule has 0 unspecified atom stereocenters. The minimum Gasteiger partial charge on any atom is -0.462 e. The fourth-order valence-corrected chi connectivity index (χ4v) is 3.30. The van der Waals surface area contributed by atoms with Crippen LogP contribution in [0.4, 0.5) is 11.4 Å². The number of carbonyl (C=O) groups is 3. The van der Waals surface area contributed by atoms with Crippen molar-refractivity contribution in [3.05, 3.63) is 69.5 Å². The Balaban J connectivity index is 1.63. The van der Waals surface area contributed by atoms with Crippen LogP contribution in [0.5, 0.6) is 0 Å². The number of hydrogen-bond acceptors (Lipinski definition) is 6. The second-order valence-electron chi connectivity index (χ2n) is 6.64. The number of rotatable bonds is 7. The summed E-state index contributed by atoms with van der Waals surface area (Å²) in [7, 11) is 0. The number of benzene rings is 2. The largest absolute Gasteiger partial charge is 0.462 e. The average Bonchev–Trinajstić information content (AvgIpc) is 3.08. The minimum absolute atomic E-state index is 0.0627. The first-order valence-electron chi connectivity index (χ1n) is 9.51. The van der Waals surface area contributed by atoms with E-state index in [0.29, 0.717) is 32.7 Å². The van der Waals surface area contributed by atoms with E-state index in [1.807, 2.05) is 0 Å². The normalized spacial score (nSPS) is 10.5. The first kappa shape index (κ1) is 23.2. The van der Waals surface area contributed by atoms with Crippen molar-refractivity contribution >= 4 is 52.4 Å². The van der Waals surface area contributed by atoms with Crippen LogP contribution < -0.4 is 10.6 Å². The van der Waals surface area contributed by atoms with Gasteiger partial charge in [0.2, 0.25) is 5.91 Å². The summed E-state index contributed by atoms with van der Waals surface area (Å²) >= 11 is 11.9. The summed E-state index contributed by atoms with van der Waals surface area (Å²) in [6.07, 6.45) is 0. The topological polar surface area (TPSA) is 115 Å². The number of carbonyl (C=O) groups excluding carboxylic acids is 3. The molecule has 2 aromatic carbocycles. The van der Waals surface area contributed by atoms with Crippen LogP contribution in [0.3, 0.4) is 0 Å². The number of halogens is 2. The lowest BCUT2D eigenvalue weighted by molar-refractivity contribution is -0.117. The summed E-state index contributed by atoms with van der Waals surface area (Å²) in [5, 5.41) is 13.8. The molecule has 32 heavy (non-hydrogen) atoms. The van der Waals surface area contributed by atoms with Crippen LogP contribution in [0.25, 0.3) is 0 Å². The van der Waals surface area contributed by atoms with E-state index in [-0.39, 0.29) is 24.8 Å². The summed E-state index contributed by atoms with van der Waals surface area (Å²) < 4.78 is 6.23. The zero-order chi connectivity index (χ0) is 23.3. The highest BCUT2D eigenvalue weighted by Crippen LogP contribution is 2.23. The molecular weight excluding hydrogens is 457 g/mol. The third-order valence-electron chi connectivity index (χ3n) is 4.29. The molecule has 0 fully saturated rings. The number of hydrogen-bond donors (Lipinski definition) is 2. The van der Waals surface area contributed by atoms with Crippen molar-refractivity contribution in [1.29, 1.82) is 0 Å². The molecule has 0 bridgehead atoms. The van der Waals surface area contributed by atoms with Crippen molar-refractivity contribution in [3.63, 3.8) is 0 Å². The summed E-state index contributed by atoms with van der Waals surface area (Å²) in [5.74, 6) is -1.33. The van der Waals surface area contributed by atoms with E-state index in [0.717, 1.165) is 0 Å². The molecule has 0 spiro atoms. The molecule has 1 heterocycles. The van der Waals surface area contributed by atoms with Crippen molar-refractivity contribution in [2.45, 2.75) is 20.4 Å². The van der Waals surface area contributed by atoms with Crippen LogP contribution >= 0.6 is 23.2 Å². The van der Waals surface area contributed by atoms with Gasteiger partial charge in [0.25, 0.3) is 5.91 Å². The van der Waals surface area contributed by atoms with E-state index >= 15 is 0 Å². The molecule has 0 aliphatic carbocycles. The first-order valence-corrected chi connectivity index (χ1v) is 10.3. The molecule has 166 valence electrons. The van der Waals surface area contributed by atoms with E-state index < -0.39 is 11.9 Å². The lowest BCUT2D eigenvalue weighted by Crippen LogP contribution is -2.21. The molecule has 3 aromatic rings. The van der Waals surface area contributed by atoms with Gasteiger partial charge in [0.15, 0.2) is 5.69 Å². The Kier molecular flexibility index (Phi) is 7.45. The van der Waals surface area contributed by atoms with Crippen molar-refractivity contribution < 1.29 is 19.1 Å². The number of esters is 1. The quantitative estimate of drug-likeness (QED) is 0.499. The summed E-state index contributed by atoms with van der Waals surface area (Å²) in [6, 6.07) is 10.9. The Labute approximate surface area is 193 Å². The van der Waals surface area contributed by atoms with Gasteiger partial charge in [-0.25, -0.2) is 9.48 Å². The Morgan fingerprint density at radius 3 is 2.28 bits per heavy atom. The van der Waals surface area contributed by atoms with Crippen molar-refractivity contribution in [3.8, 4) is 0 Å². The molecule has 0 saturated carbocycles. The van der Waals surface area contributed by atoms with E-state index in [1.165, 1.54) is 4.68 Å². The van der Waals surface area contributed by atoms with Crippen LogP contribution in [0.2, 0.25) is 10.0 Å². The highest BCUT2D eigenvalue weighted by atomic mass is 35.5. The smallest absolute Gasteiger partial charge is 0.338 e. The van der Waals surface area contributed by atoms with Gasteiger partial charge in [-0.3, -0.25) is 9.59 Å². The van der Waals surface area contributed by atoms with Gasteiger partial charge in [-0.1, -0.05) is 28.4 Å². The van der Waals surface area contributed by atoms with Crippen LogP contribution in [-0.2, 0) is 16.1 Å². The van der Waals surface area contributed by atoms with Gasteiger partial charge in [0.1, 0.15) is 6.54 Å². The minimum atomic E-state index is -0.512. The third kappa shape index (κ3) is 5.83. The molecule has 2 amide bonds. The molecular formula is C21H19Cl2N5O4. The first-order chi connectivity index (χ1) is 15.3. The van der Waals surface area contributed by atoms with Crippen LogP contribution in [0, 0.1) is 6.92 Å². The zero-order valence-electron chi connectivity index (χ0n) is 17.2. The number of nitrogens with zero attached hydrogens (tertiary/aromatic N) is 3. The predicted molar refractivity (Wildman–Crippen MR) is 120 cm³/mol. The van der Waals surface area contributed by atoms with Gasteiger partial charge >= 0.3 is 5.97 Å². The van der Waals surface area contributed by atoms with E-state index in [2.05, 4.69) is 20.9 Å². The van der Waals surface area contributed by atoms with Crippen molar-refractivity contribution in [1.82, 2.24) is 15.0 Å². The Morgan fingerprint density at radius 1 is 1.00 bits per heavy atom. The predicted octanol–water partition coefficient (Wildman–Crippen LogP) is 3.96. The molecule has 0 atom stereocenters. The molecule has 0 aliphatic rings. The molecule has 2 N–H and O–H groups in total. The molecule has 0 aliphatic heterocycles. The Morgan fingerprint density at radius 2 is 1.66 bits per heavy atom. The molecule has 1 aromatic heterocycles. The fraction of sp³-hybridized carbons (Fsp3) is 0.190. The molecule has 0 radical (unpaired) electrons. The monoisotopic (exact) mass is 475 g/mol. The number of nitrogens with one attached hydrogen (secondary N) is 2. The van der Waals surface area contributed by atoms with Gasteiger partial charge in [-0.15, -0.1) is 5.10 Å². The van der Waals surface area contributed by atoms with Gasteiger partial charge in [-0.05, 0) is 56.3 Å². The number of ether oxygens (including phenoxy) is 1. The van der Waals surface area contributed by atoms with Gasteiger partial charge in [0.05, 0.1) is 17.9 Å². The van der Waals surface area contributed by atoms with E-state index in [9.17, 15) is 14.4 Å². The molecule has 11 heteroatoms. The second kappa shape index (κ2) is 10.3. The van der Waals surface area contributed by atoms with Gasteiger partial charge in [-0.2, -0.15) is 0 Å². The molecule has 0 saturated heterocycles. The standard InChI is InChI=1S/C21H19Cl2N5O4/c1-3-32-21(31)13-4-6-16(7-5-13)24-18(29)11-28-12(2)19(26-27-28)20(30)25-17-9-14(22)8-15(23)10-17/h4-10H,3,11H2,1-2H3,(H,24,29)(H,25,30). The number of amides is 2. The van der Waals surface area contributed by atoms with Crippen molar-refractivity contribution in [2.75, 3.05) is 17.2 Å². The molecule has 3 rings (SSSR count). The lowest BCUT2D eigenvalue weighted by atomic mass is 10.2. The Hall–Kier alpha value is -3.43. The SMILES string of the molecule is CCOC(=O)c1ccc(NC(=O)Cn2nnc(C(=O)Nc3cc(Cl)cc(Cl)c3)c2C)cc1. The van der Waals surface area contributed by atoms with Crippen LogP contribution in [0.15, 0.2) is 42.5 Å². The summed E-state index contributed by atoms with van der Waals surface area (Å²) in [5.41, 5.74) is 1.76.